The highest BCUT2D eigenvalue weighted by Gasteiger charge is 2.30. The van der Waals surface area contributed by atoms with Crippen LogP contribution >= 0.6 is 0 Å². The number of hydrogen-bond acceptors (Lipinski definition) is 2. The lowest BCUT2D eigenvalue weighted by molar-refractivity contribution is 0.131. The molecule has 0 amide bonds. The van der Waals surface area contributed by atoms with Gasteiger partial charge < -0.3 is 4.90 Å². The summed E-state index contributed by atoms with van der Waals surface area (Å²) < 4.78 is 0. The van der Waals surface area contributed by atoms with Crippen molar-refractivity contribution in [3.63, 3.8) is 0 Å². The lowest BCUT2D eigenvalue weighted by Crippen LogP contribution is -2.46. The Bertz CT molecular complexity index is 124. The van der Waals surface area contributed by atoms with E-state index in [4.69, 9.17) is 0 Å². The zero-order valence-electron chi connectivity index (χ0n) is 11.4. The van der Waals surface area contributed by atoms with Crippen molar-refractivity contribution in [2.24, 2.45) is 0 Å². The first-order valence-corrected chi connectivity index (χ1v) is 6.86. The number of piperazine rings is 1. The summed E-state index contributed by atoms with van der Waals surface area (Å²) in [7, 11) is 0. The van der Waals surface area contributed by atoms with Crippen molar-refractivity contribution < 1.29 is 0 Å². The van der Waals surface area contributed by atoms with Gasteiger partial charge in [-0.15, -0.1) is 0 Å². The van der Waals surface area contributed by atoms with Crippen LogP contribution in [0.25, 0.3) is 0 Å². The Morgan fingerprint density at radius 3 is 1.67 bits per heavy atom. The number of nitrogens with zero attached hydrogens (tertiary/aromatic N) is 2. The third-order valence-corrected chi connectivity index (χ3v) is 2.92. The van der Waals surface area contributed by atoms with Crippen molar-refractivity contribution in [1.29, 1.82) is 0 Å². The first-order valence-electron chi connectivity index (χ1n) is 6.86. The van der Waals surface area contributed by atoms with Crippen LogP contribution in [0.5, 0.6) is 0 Å². The first kappa shape index (κ1) is 14.9. The minimum atomic E-state index is 0.981. The molecule has 0 radical (unpaired) electrons. The van der Waals surface area contributed by atoms with Crippen molar-refractivity contribution in [3.8, 4) is 0 Å². The van der Waals surface area contributed by atoms with E-state index in [2.05, 4.69) is 16.7 Å². The number of rotatable bonds is 2. The molecule has 1 saturated carbocycles. The van der Waals surface area contributed by atoms with Gasteiger partial charge in [-0.25, -0.2) is 0 Å². The van der Waals surface area contributed by atoms with E-state index in [1.54, 1.807) is 0 Å². The van der Waals surface area contributed by atoms with Crippen LogP contribution < -0.4 is 0 Å². The van der Waals surface area contributed by atoms with Gasteiger partial charge in [-0.2, -0.15) is 0 Å². The van der Waals surface area contributed by atoms with Gasteiger partial charge in [0.2, 0.25) is 0 Å². The topological polar surface area (TPSA) is 6.48 Å². The molecule has 1 heterocycles. The zero-order chi connectivity index (χ0) is 11.7. The van der Waals surface area contributed by atoms with E-state index in [0.29, 0.717) is 0 Å². The van der Waals surface area contributed by atoms with E-state index in [-0.39, 0.29) is 0 Å². The molecule has 0 aromatic carbocycles. The Morgan fingerprint density at radius 1 is 0.867 bits per heavy atom. The monoisotopic (exact) mass is 214 g/mol. The summed E-state index contributed by atoms with van der Waals surface area (Å²) in [4.78, 5) is 5.20. The van der Waals surface area contributed by atoms with Crippen LogP contribution in [0.1, 0.15) is 47.5 Å². The van der Waals surface area contributed by atoms with Crippen molar-refractivity contribution in [1.82, 2.24) is 9.80 Å². The van der Waals surface area contributed by atoms with Crippen LogP contribution in [0, 0.1) is 0 Å². The van der Waals surface area contributed by atoms with E-state index < -0.39 is 0 Å². The maximum Gasteiger partial charge on any atom is 0.0113 e. The fourth-order valence-corrected chi connectivity index (χ4v) is 1.88. The Hall–Kier alpha value is -0.0800. The molecule has 1 aliphatic heterocycles. The summed E-state index contributed by atoms with van der Waals surface area (Å²) in [5.41, 5.74) is 0. The Balaban J connectivity index is 0.000000442. The second-order valence-corrected chi connectivity index (χ2v) is 3.70. The van der Waals surface area contributed by atoms with Crippen LogP contribution in [-0.2, 0) is 0 Å². The first-order chi connectivity index (χ1) is 7.40. The van der Waals surface area contributed by atoms with Gasteiger partial charge in [0.25, 0.3) is 0 Å². The number of likely N-dealkylation sites (N-methyl/N-ethyl adjacent to an activating group) is 1. The van der Waals surface area contributed by atoms with Gasteiger partial charge in [0, 0.05) is 32.2 Å². The predicted octanol–water partition coefficient (Wildman–Crippen LogP) is 2.84. The summed E-state index contributed by atoms with van der Waals surface area (Å²) in [5.74, 6) is 0. The maximum absolute atomic E-state index is 2.66. The van der Waals surface area contributed by atoms with Crippen LogP contribution in [0.4, 0.5) is 0 Å². The van der Waals surface area contributed by atoms with E-state index in [0.717, 1.165) is 6.04 Å². The molecule has 2 heteroatoms. The second-order valence-electron chi connectivity index (χ2n) is 3.70. The highest BCUT2D eigenvalue weighted by Crippen LogP contribution is 2.27. The number of hydrogen-bond donors (Lipinski definition) is 0. The van der Waals surface area contributed by atoms with E-state index in [1.807, 2.05) is 27.7 Å². The van der Waals surface area contributed by atoms with Gasteiger partial charge in [-0.3, -0.25) is 4.90 Å². The van der Waals surface area contributed by atoms with Crippen molar-refractivity contribution in [3.05, 3.63) is 0 Å². The molecule has 2 nitrogen and oxygen atoms in total. The normalized spacial score (nSPS) is 22.2. The maximum atomic E-state index is 2.66. The minimum absolute atomic E-state index is 0.981. The lowest BCUT2D eigenvalue weighted by atomic mass is 10.3. The quantitative estimate of drug-likeness (QED) is 0.697. The molecule has 92 valence electrons. The van der Waals surface area contributed by atoms with Gasteiger partial charge >= 0.3 is 0 Å². The van der Waals surface area contributed by atoms with Crippen LogP contribution in [0.15, 0.2) is 0 Å². The van der Waals surface area contributed by atoms with Crippen LogP contribution in [-0.4, -0.2) is 48.6 Å². The fraction of sp³-hybridized carbons (Fsp3) is 1.00. The molecule has 2 aliphatic rings. The third-order valence-electron chi connectivity index (χ3n) is 2.92. The summed E-state index contributed by atoms with van der Waals surface area (Å²) in [6.07, 6.45) is 2.93. The Morgan fingerprint density at radius 2 is 1.33 bits per heavy atom. The molecule has 2 fully saturated rings. The molecule has 0 spiro atoms. The average molecular weight is 214 g/mol. The van der Waals surface area contributed by atoms with Gasteiger partial charge in [-0.1, -0.05) is 34.6 Å². The molecule has 0 unspecified atom stereocenters. The van der Waals surface area contributed by atoms with E-state index in [1.165, 1.54) is 45.6 Å². The van der Waals surface area contributed by atoms with Crippen molar-refractivity contribution >= 4 is 0 Å². The molecule has 15 heavy (non-hydrogen) atoms. The Labute approximate surface area is 96.6 Å². The van der Waals surface area contributed by atoms with Gasteiger partial charge in [0.15, 0.2) is 0 Å². The van der Waals surface area contributed by atoms with Crippen LogP contribution in [0.2, 0.25) is 0 Å². The smallest absolute Gasteiger partial charge is 0.0113 e. The highest BCUT2D eigenvalue weighted by molar-refractivity contribution is 4.87. The molecular formula is C13H30N2. The van der Waals surface area contributed by atoms with Gasteiger partial charge in [0.05, 0.1) is 0 Å². The third kappa shape index (κ3) is 5.53. The highest BCUT2D eigenvalue weighted by atomic mass is 15.3. The molecule has 0 aromatic rings. The zero-order valence-corrected chi connectivity index (χ0v) is 11.4. The van der Waals surface area contributed by atoms with Crippen molar-refractivity contribution in [2.75, 3.05) is 32.7 Å². The van der Waals surface area contributed by atoms with Gasteiger partial charge in [-0.05, 0) is 19.4 Å². The summed E-state index contributed by atoms with van der Waals surface area (Å²) >= 11 is 0. The molecule has 1 saturated heterocycles. The average Bonchev–Trinajstić information content (AvgIpc) is 3.19. The molecule has 0 atom stereocenters. The van der Waals surface area contributed by atoms with Crippen molar-refractivity contribution in [2.45, 2.75) is 53.5 Å². The standard InChI is InChI=1S/C9H18N2.2C2H6/c1-2-10-5-7-11(8-6-10)9-3-4-9;2*1-2/h9H,2-8H2,1H3;2*1-2H3. The molecule has 0 bridgehead atoms. The largest absolute Gasteiger partial charge is 0.301 e. The summed E-state index contributed by atoms with van der Waals surface area (Å²) in [6.45, 7) is 16.7. The Kier molecular flexibility index (Phi) is 9.12. The fourth-order valence-electron chi connectivity index (χ4n) is 1.88. The van der Waals surface area contributed by atoms with Crippen LogP contribution in [0.3, 0.4) is 0 Å². The van der Waals surface area contributed by atoms with E-state index >= 15 is 0 Å². The summed E-state index contributed by atoms with van der Waals surface area (Å²) in [6, 6.07) is 0.981. The summed E-state index contributed by atoms with van der Waals surface area (Å²) in [5, 5.41) is 0. The molecule has 2 rings (SSSR count). The van der Waals surface area contributed by atoms with Gasteiger partial charge in [0.1, 0.15) is 0 Å². The molecule has 0 aromatic heterocycles. The second kappa shape index (κ2) is 9.17. The SMILES string of the molecule is CC.CC.CCN1CCN(C2CC2)CC1. The lowest BCUT2D eigenvalue weighted by Gasteiger charge is -2.33. The predicted molar refractivity (Wildman–Crippen MR) is 69.4 cm³/mol. The molecule has 0 N–H and O–H groups in total. The van der Waals surface area contributed by atoms with E-state index in [9.17, 15) is 0 Å². The molecule has 1 aliphatic carbocycles. The minimum Gasteiger partial charge on any atom is -0.301 e. The molecular weight excluding hydrogens is 184 g/mol.